The van der Waals surface area contributed by atoms with E-state index >= 15 is 0 Å². The van der Waals surface area contributed by atoms with Crippen LogP contribution < -0.4 is 16.0 Å². The Kier molecular flexibility index (Phi) is 4.43. The van der Waals surface area contributed by atoms with Gasteiger partial charge in [-0.25, -0.2) is 9.97 Å². The molecule has 19 heavy (non-hydrogen) atoms. The molecule has 0 saturated heterocycles. The minimum atomic E-state index is -0.127. The molecule has 102 valence electrons. The Morgan fingerprint density at radius 2 is 2.32 bits per heavy atom. The molecule has 1 unspecified atom stereocenters. The molecule has 2 heterocycles. The summed E-state index contributed by atoms with van der Waals surface area (Å²) < 4.78 is 7.09. The van der Waals surface area contributed by atoms with Gasteiger partial charge in [0.25, 0.3) is 0 Å². The number of aromatic nitrogens is 4. The van der Waals surface area contributed by atoms with E-state index in [1.54, 1.807) is 19.6 Å². The van der Waals surface area contributed by atoms with Gasteiger partial charge in [0.1, 0.15) is 12.2 Å². The molecule has 0 radical (unpaired) electrons. The first-order valence-electron chi connectivity index (χ1n) is 6.11. The third-order valence-electron chi connectivity index (χ3n) is 2.95. The normalized spacial score (nSPS) is 12.4. The Hall–Kier alpha value is -1.99. The number of aryl methyl sites for hydroxylation is 1. The van der Waals surface area contributed by atoms with E-state index in [1.807, 2.05) is 23.7 Å². The van der Waals surface area contributed by atoms with Crippen LogP contribution in [0.4, 0.5) is 0 Å². The predicted molar refractivity (Wildman–Crippen MR) is 70.3 cm³/mol. The number of nitrogens with zero attached hydrogens (tertiary/aromatic N) is 4. The zero-order chi connectivity index (χ0) is 13.7. The van der Waals surface area contributed by atoms with E-state index in [4.69, 9.17) is 10.6 Å². The first-order chi connectivity index (χ1) is 9.30. The van der Waals surface area contributed by atoms with Gasteiger partial charge in [-0.2, -0.15) is 5.10 Å². The van der Waals surface area contributed by atoms with Gasteiger partial charge < -0.3 is 4.74 Å². The number of ether oxygens (including phenoxy) is 1. The molecule has 0 aliphatic heterocycles. The van der Waals surface area contributed by atoms with Gasteiger partial charge in [0, 0.05) is 24.7 Å². The number of hydrazine groups is 1. The van der Waals surface area contributed by atoms with E-state index in [-0.39, 0.29) is 6.04 Å². The van der Waals surface area contributed by atoms with Crippen LogP contribution in [-0.2, 0) is 13.0 Å². The van der Waals surface area contributed by atoms with E-state index in [0.717, 1.165) is 17.9 Å². The Morgan fingerprint density at radius 3 is 3.00 bits per heavy atom. The first-order valence-corrected chi connectivity index (χ1v) is 6.11. The highest BCUT2D eigenvalue weighted by molar-refractivity contribution is 5.29. The number of methoxy groups -OCH3 is 1. The fourth-order valence-electron chi connectivity index (χ4n) is 1.99. The summed E-state index contributed by atoms with van der Waals surface area (Å²) in [5, 5.41) is 4.15. The summed E-state index contributed by atoms with van der Waals surface area (Å²) in [6.45, 7) is 2.80. The zero-order valence-corrected chi connectivity index (χ0v) is 11.1. The molecule has 0 fully saturated rings. The number of nitrogens with one attached hydrogen (secondary N) is 1. The van der Waals surface area contributed by atoms with Crippen LogP contribution in [0.2, 0.25) is 0 Å². The van der Waals surface area contributed by atoms with Crippen LogP contribution in [0.25, 0.3) is 0 Å². The maximum Gasteiger partial charge on any atom is 0.217 e. The number of nitrogens with two attached hydrogens (primary N) is 1. The fourth-order valence-corrected chi connectivity index (χ4v) is 1.99. The molecule has 7 heteroatoms. The van der Waals surface area contributed by atoms with Crippen LogP contribution in [0.5, 0.6) is 5.88 Å². The maximum absolute atomic E-state index is 5.65. The highest BCUT2D eigenvalue weighted by Gasteiger charge is 2.18. The molecular formula is C12H18N6O. The molecule has 0 aliphatic rings. The van der Waals surface area contributed by atoms with E-state index in [9.17, 15) is 0 Å². The maximum atomic E-state index is 5.65. The van der Waals surface area contributed by atoms with Crippen LogP contribution in [0.1, 0.15) is 24.4 Å². The van der Waals surface area contributed by atoms with Gasteiger partial charge in [0.05, 0.1) is 13.2 Å². The molecule has 0 aliphatic carbocycles. The quantitative estimate of drug-likeness (QED) is 0.580. The third-order valence-corrected chi connectivity index (χ3v) is 2.95. The van der Waals surface area contributed by atoms with Gasteiger partial charge in [-0.1, -0.05) is 6.07 Å². The van der Waals surface area contributed by atoms with Crippen molar-refractivity contribution in [2.24, 2.45) is 5.84 Å². The first kappa shape index (κ1) is 13.4. The minimum absolute atomic E-state index is 0.127. The van der Waals surface area contributed by atoms with E-state index in [1.165, 1.54) is 0 Å². The number of hydrogen-bond acceptors (Lipinski definition) is 6. The second-order valence-corrected chi connectivity index (χ2v) is 4.02. The summed E-state index contributed by atoms with van der Waals surface area (Å²) in [6.07, 6.45) is 3.85. The van der Waals surface area contributed by atoms with Crippen molar-refractivity contribution in [2.45, 2.75) is 25.9 Å². The average molecular weight is 262 g/mol. The zero-order valence-electron chi connectivity index (χ0n) is 11.1. The molecule has 0 aromatic carbocycles. The molecular weight excluding hydrogens is 244 g/mol. The number of pyridine rings is 1. The smallest absolute Gasteiger partial charge is 0.217 e. The van der Waals surface area contributed by atoms with Crippen molar-refractivity contribution in [3.8, 4) is 5.88 Å². The standard InChI is InChI=1S/C12H18N6O/c1-3-18-11(15-8-16-18)7-10(17-13)9-5-4-6-14-12(9)19-2/h4-6,8,10,17H,3,7,13H2,1-2H3. The molecule has 3 N–H and O–H groups in total. The monoisotopic (exact) mass is 262 g/mol. The van der Waals surface area contributed by atoms with E-state index in [2.05, 4.69) is 20.5 Å². The predicted octanol–water partition coefficient (Wildman–Crippen LogP) is 0.449. The van der Waals surface area contributed by atoms with Gasteiger partial charge in [0.2, 0.25) is 5.88 Å². The van der Waals surface area contributed by atoms with Gasteiger partial charge in [-0.3, -0.25) is 16.0 Å². The lowest BCUT2D eigenvalue weighted by Gasteiger charge is -2.17. The van der Waals surface area contributed by atoms with Crippen molar-refractivity contribution in [1.82, 2.24) is 25.2 Å². The second-order valence-electron chi connectivity index (χ2n) is 4.02. The molecule has 2 rings (SSSR count). The summed E-state index contributed by atoms with van der Waals surface area (Å²) >= 11 is 0. The summed E-state index contributed by atoms with van der Waals surface area (Å²) in [5.74, 6) is 7.08. The molecule has 7 nitrogen and oxygen atoms in total. The summed E-state index contributed by atoms with van der Waals surface area (Å²) in [6, 6.07) is 3.66. The van der Waals surface area contributed by atoms with Crippen molar-refractivity contribution < 1.29 is 4.74 Å². The van der Waals surface area contributed by atoms with Gasteiger partial charge in [0.15, 0.2) is 0 Å². The lowest BCUT2D eigenvalue weighted by molar-refractivity contribution is 0.380. The highest BCUT2D eigenvalue weighted by atomic mass is 16.5. The SMILES string of the molecule is CCn1ncnc1CC(NN)c1cccnc1OC. The van der Waals surface area contributed by atoms with Gasteiger partial charge in [-0.15, -0.1) is 0 Å². The van der Waals surface area contributed by atoms with Crippen LogP contribution in [0.3, 0.4) is 0 Å². The number of rotatable bonds is 6. The largest absolute Gasteiger partial charge is 0.481 e. The number of hydrogen-bond donors (Lipinski definition) is 2. The van der Waals surface area contributed by atoms with Crippen LogP contribution in [0.15, 0.2) is 24.7 Å². The Labute approximate surface area is 111 Å². The lowest BCUT2D eigenvalue weighted by atomic mass is 10.1. The molecule has 2 aromatic heterocycles. The minimum Gasteiger partial charge on any atom is -0.481 e. The molecule has 0 bridgehead atoms. The molecule has 0 amide bonds. The Balaban J connectivity index is 2.25. The fraction of sp³-hybridized carbons (Fsp3) is 0.417. The summed E-state index contributed by atoms with van der Waals surface area (Å²) in [7, 11) is 1.59. The van der Waals surface area contributed by atoms with Crippen molar-refractivity contribution in [1.29, 1.82) is 0 Å². The Bertz CT molecular complexity index is 526. The van der Waals surface area contributed by atoms with Gasteiger partial charge >= 0.3 is 0 Å². The highest BCUT2D eigenvalue weighted by Crippen LogP contribution is 2.24. The van der Waals surface area contributed by atoms with Crippen LogP contribution >= 0.6 is 0 Å². The molecule has 0 saturated carbocycles. The van der Waals surface area contributed by atoms with Gasteiger partial charge in [-0.05, 0) is 13.0 Å². The van der Waals surface area contributed by atoms with Crippen LogP contribution in [-0.4, -0.2) is 26.9 Å². The third kappa shape index (κ3) is 2.88. The van der Waals surface area contributed by atoms with E-state index < -0.39 is 0 Å². The molecule has 1 atom stereocenters. The summed E-state index contributed by atoms with van der Waals surface area (Å²) in [5.41, 5.74) is 3.68. The molecule has 0 spiro atoms. The van der Waals surface area contributed by atoms with E-state index in [0.29, 0.717) is 12.3 Å². The topological polar surface area (TPSA) is 90.9 Å². The van der Waals surface area contributed by atoms with Crippen molar-refractivity contribution in [3.63, 3.8) is 0 Å². The van der Waals surface area contributed by atoms with Crippen molar-refractivity contribution in [2.75, 3.05) is 7.11 Å². The second kappa shape index (κ2) is 6.26. The Morgan fingerprint density at radius 1 is 1.47 bits per heavy atom. The average Bonchev–Trinajstić information content (AvgIpc) is 2.92. The van der Waals surface area contributed by atoms with Crippen molar-refractivity contribution in [3.05, 3.63) is 36.0 Å². The summed E-state index contributed by atoms with van der Waals surface area (Å²) in [4.78, 5) is 8.43. The van der Waals surface area contributed by atoms with Crippen molar-refractivity contribution >= 4 is 0 Å². The lowest BCUT2D eigenvalue weighted by Crippen LogP contribution is -2.31. The van der Waals surface area contributed by atoms with Crippen LogP contribution in [0, 0.1) is 0 Å². The molecule has 2 aromatic rings.